The van der Waals surface area contributed by atoms with E-state index in [4.69, 9.17) is 20.4 Å². The van der Waals surface area contributed by atoms with E-state index in [1.54, 1.807) is 18.4 Å². The lowest BCUT2D eigenvalue weighted by atomic mass is 9.88. The van der Waals surface area contributed by atoms with E-state index in [-0.39, 0.29) is 23.8 Å². The first-order chi connectivity index (χ1) is 14.5. The van der Waals surface area contributed by atoms with Crippen molar-refractivity contribution in [2.75, 3.05) is 12.4 Å². The number of aryl methyl sites for hydroxylation is 1. The molecule has 2 aliphatic rings. The molecular weight excluding hydrogens is 396 g/mol. The second-order valence-electron chi connectivity index (χ2n) is 8.16. The topological polar surface area (TPSA) is 90.1 Å². The average Bonchev–Trinajstić information content (AvgIpc) is 3.44. The summed E-state index contributed by atoms with van der Waals surface area (Å²) in [6.07, 6.45) is 5.94. The van der Waals surface area contributed by atoms with Crippen LogP contribution in [-0.4, -0.2) is 29.0 Å². The Morgan fingerprint density at radius 3 is 2.73 bits per heavy atom. The van der Waals surface area contributed by atoms with E-state index < -0.39 is 0 Å². The van der Waals surface area contributed by atoms with Crippen LogP contribution in [0.2, 0.25) is 0 Å². The van der Waals surface area contributed by atoms with Gasteiger partial charge in [-0.1, -0.05) is 24.3 Å². The first kappa shape index (κ1) is 19.1. The summed E-state index contributed by atoms with van der Waals surface area (Å²) in [6.45, 7) is 2.07. The van der Waals surface area contributed by atoms with Crippen molar-refractivity contribution < 1.29 is 9.53 Å². The van der Waals surface area contributed by atoms with Crippen molar-refractivity contribution in [2.45, 2.75) is 25.8 Å². The maximum absolute atomic E-state index is 12.1. The smallest absolute Gasteiger partial charge is 0.223 e. The monoisotopic (exact) mass is 420 g/mol. The zero-order valence-electron chi connectivity index (χ0n) is 17.0. The molecule has 0 aliphatic heterocycles. The number of primary amides is 1. The fourth-order valence-corrected chi connectivity index (χ4v) is 5.69. The van der Waals surface area contributed by atoms with Crippen molar-refractivity contribution in [3.8, 4) is 5.75 Å². The number of aromatic nitrogens is 2. The molecular formula is C23H24N4O2S. The number of nitrogens with zero attached hydrogens (tertiary/aromatic N) is 2. The van der Waals surface area contributed by atoms with Gasteiger partial charge in [0.05, 0.1) is 23.2 Å². The largest absolute Gasteiger partial charge is 0.497 e. The lowest BCUT2D eigenvalue weighted by molar-refractivity contribution is -0.122. The van der Waals surface area contributed by atoms with Crippen molar-refractivity contribution in [1.29, 1.82) is 0 Å². The molecule has 4 unspecified atom stereocenters. The van der Waals surface area contributed by atoms with E-state index in [1.165, 1.54) is 0 Å². The number of hydrogen-bond acceptors (Lipinski definition) is 6. The minimum atomic E-state index is -0.240. The molecule has 0 spiro atoms. The first-order valence-electron chi connectivity index (χ1n) is 10.2. The van der Waals surface area contributed by atoms with Gasteiger partial charge >= 0.3 is 0 Å². The normalized spacial score (nSPS) is 24.5. The average molecular weight is 421 g/mol. The van der Waals surface area contributed by atoms with Crippen molar-refractivity contribution >= 4 is 33.3 Å². The van der Waals surface area contributed by atoms with Gasteiger partial charge in [0.2, 0.25) is 5.91 Å². The summed E-state index contributed by atoms with van der Waals surface area (Å²) in [7, 11) is 1.66. The van der Waals surface area contributed by atoms with Crippen LogP contribution in [0.15, 0.2) is 41.8 Å². The Morgan fingerprint density at radius 1 is 1.23 bits per heavy atom. The van der Waals surface area contributed by atoms with E-state index in [1.807, 2.05) is 24.3 Å². The lowest BCUT2D eigenvalue weighted by Gasteiger charge is -2.27. The van der Waals surface area contributed by atoms with Gasteiger partial charge < -0.3 is 15.8 Å². The first-order valence-corrected chi connectivity index (χ1v) is 11.0. The number of benzene rings is 1. The van der Waals surface area contributed by atoms with Gasteiger partial charge in [-0.2, -0.15) is 0 Å². The van der Waals surface area contributed by atoms with Gasteiger partial charge in [0.1, 0.15) is 17.4 Å². The standard InChI is InChI=1S/C23H24N4O2S/c1-12-11-30-21-19(12)25-17(9-13-3-7-16(29-2)8-4-13)26-23(21)27-20-15-6-5-14(10-15)18(20)22(24)28/h3-8,11,14-15,18,20H,9-10H2,1-2H3,(H2,24,28)(H,25,26,27). The number of hydrogen-bond donors (Lipinski definition) is 2. The van der Waals surface area contributed by atoms with Gasteiger partial charge in [0.15, 0.2) is 0 Å². The van der Waals surface area contributed by atoms with Crippen LogP contribution >= 0.6 is 11.3 Å². The van der Waals surface area contributed by atoms with E-state index in [9.17, 15) is 4.79 Å². The van der Waals surface area contributed by atoms with Gasteiger partial charge in [0, 0.05) is 12.5 Å². The molecule has 2 aliphatic carbocycles. The highest BCUT2D eigenvalue weighted by molar-refractivity contribution is 7.18. The molecule has 1 aromatic carbocycles. The van der Waals surface area contributed by atoms with Crippen LogP contribution in [0.4, 0.5) is 5.82 Å². The minimum Gasteiger partial charge on any atom is -0.497 e. The summed E-state index contributed by atoms with van der Waals surface area (Å²) in [5, 5.41) is 5.70. The zero-order valence-corrected chi connectivity index (χ0v) is 17.8. The molecule has 1 fully saturated rings. The third-order valence-electron chi connectivity index (χ3n) is 6.25. The fourth-order valence-electron chi connectivity index (χ4n) is 4.75. The van der Waals surface area contributed by atoms with Crippen LogP contribution < -0.4 is 15.8 Å². The molecule has 2 aromatic heterocycles. The Balaban J connectivity index is 1.49. The van der Waals surface area contributed by atoms with E-state index in [0.717, 1.165) is 45.2 Å². The number of rotatable bonds is 6. The Bertz CT molecular complexity index is 1140. The van der Waals surface area contributed by atoms with Crippen LogP contribution in [0.5, 0.6) is 5.75 Å². The Morgan fingerprint density at radius 2 is 2.00 bits per heavy atom. The number of ether oxygens (including phenoxy) is 1. The van der Waals surface area contributed by atoms with Crippen LogP contribution in [0.3, 0.4) is 0 Å². The van der Waals surface area contributed by atoms with Crippen molar-refractivity contribution in [3.05, 3.63) is 58.7 Å². The molecule has 6 nitrogen and oxygen atoms in total. The van der Waals surface area contributed by atoms with Crippen LogP contribution in [0, 0.1) is 24.7 Å². The van der Waals surface area contributed by atoms with Gasteiger partial charge in [-0.05, 0) is 53.8 Å². The molecule has 1 saturated carbocycles. The molecule has 2 bridgehead atoms. The van der Waals surface area contributed by atoms with Crippen LogP contribution in [0.1, 0.15) is 23.4 Å². The quantitative estimate of drug-likeness (QED) is 0.594. The van der Waals surface area contributed by atoms with E-state index >= 15 is 0 Å². The van der Waals surface area contributed by atoms with Crippen LogP contribution in [-0.2, 0) is 11.2 Å². The Kier molecular flexibility index (Phi) is 4.70. The van der Waals surface area contributed by atoms with Gasteiger partial charge in [-0.25, -0.2) is 9.97 Å². The predicted octanol–water partition coefficient (Wildman–Crippen LogP) is 3.69. The van der Waals surface area contributed by atoms with E-state index in [2.05, 4.69) is 29.8 Å². The Hall–Kier alpha value is -2.93. The fraction of sp³-hybridized carbons (Fsp3) is 0.348. The molecule has 5 rings (SSSR count). The highest BCUT2D eigenvalue weighted by atomic mass is 32.1. The molecule has 30 heavy (non-hydrogen) atoms. The number of nitrogens with two attached hydrogens (primary N) is 1. The van der Waals surface area contributed by atoms with Crippen molar-refractivity contribution in [1.82, 2.24) is 9.97 Å². The summed E-state index contributed by atoms with van der Waals surface area (Å²) in [5.41, 5.74) is 8.97. The maximum atomic E-state index is 12.1. The second kappa shape index (κ2) is 7.40. The summed E-state index contributed by atoms with van der Waals surface area (Å²) in [4.78, 5) is 21.8. The number of anilines is 1. The predicted molar refractivity (Wildman–Crippen MR) is 119 cm³/mol. The number of nitrogens with one attached hydrogen (secondary N) is 1. The minimum absolute atomic E-state index is 0.0214. The molecule has 7 heteroatoms. The molecule has 4 atom stereocenters. The maximum Gasteiger partial charge on any atom is 0.223 e. The third-order valence-corrected chi connectivity index (χ3v) is 7.35. The number of methoxy groups -OCH3 is 1. The molecule has 0 radical (unpaired) electrons. The number of amides is 1. The number of fused-ring (bicyclic) bond motifs is 3. The second-order valence-corrected chi connectivity index (χ2v) is 9.04. The lowest BCUT2D eigenvalue weighted by Crippen LogP contribution is -2.41. The molecule has 1 amide bonds. The number of carbonyl (C=O) groups is 1. The van der Waals surface area contributed by atoms with Gasteiger partial charge in [-0.3, -0.25) is 4.79 Å². The van der Waals surface area contributed by atoms with Gasteiger partial charge in [0.25, 0.3) is 0 Å². The molecule has 0 saturated heterocycles. The van der Waals surface area contributed by atoms with Crippen molar-refractivity contribution in [3.63, 3.8) is 0 Å². The van der Waals surface area contributed by atoms with Crippen LogP contribution in [0.25, 0.3) is 10.2 Å². The number of thiophene rings is 1. The van der Waals surface area contributed by atoms with Crippen molar-refractivity contribution in [2.24, 2.45) is 23.5 Å². The summed E-state index contributed by atoms with van der Waals surface area (Å²) in [5.74, 6) is 2.49. The molecule has 154 valence electrons. The highest BCUT2D eigenvalue weighted by Crippen LogP contribution is 2.45. The Labute approximate surface area is 179 Å². The summed E-state index contributed by atoms with van der Waals surface area (Å²) in [6, 6.07) is 7.93. The van der Waals surface area contributed by atoms with E-state index in [0.29, 0.717) is 12.3 Å². The third kappa shape index (κ3) is 3.23. The zero-order chi connectivity index (χ0) is 20.8. The highest BCUT2D eigenvalue weighted by Gasteiger charge is 2.47. The molecule has 2 heterocycles. The number of carbonyl (C=O) groups excluding carboxylic acids is 1. The summed E-state index contributed by atoms with van der Waals surface area (Å²) >= 11 is 1.64. The molecule has 3 aromatic rings. The SMILES string of the molecule is COc1ccc(Cc2nc(NC3C4C=CC(C4)C3C(N)=O)c3scc(C)c3n2)cc1. The van der Waals surface area contributed by atoms with Gasteiger partial charge in [-0.15, -0.1) is 11.3 Å². The summed E-state index contributed by atoms with van der Waals surface area (Å²) < 4.78 is 6.27. The molecule has 3 N–H and O–H groups in total. The number of allylic oxidation sites excluding steroid dienone is 1.